The second-order valence-corrected chi connectivity index (χ2v) is 8.27. The molecule has 1 fully saturated rings. The molecule has 0 aliphatic carbocycles. The Morgan fingerprint density at radius 1 is 1.16 bits per heavy atom. The van der Waals surface area contributed by atoms with E-state index in [1.165, 1.54) is 11.0 Å². The maximum absolute atomic E-state index is 12.7. The molecule has 156 valence electrons. The van der Waals surface area contributed by atoms with Crippen LogP contribution >= 0.6 is 24.0 Å². The summed E-state index contributed by atoms with van der Waals surface area (Å²) in [5.41, 5.74) is 1.33. The molecule has 0 atom stereocenters. The molecule has 9 heteroatoms. The van der Waals surface area contributed by atoms with Gasteiger partial charge in [0, 0.05) is 17.1 Å². The van der Waals surface area contributed by atoms with Crippen LogP contribution in [0.15, 0.2) is 68.7 Å². The van der Waals surface area contributed by atoms with Crippen molar-refractivity contribution in [3.05, 3.63) is 75.5 Å². The van der Waals surface area contributed by atoms with Crippen LogP contribution in [0.1, 0.15) is 5.56 Å². The SMILES string of the molecule is COc1ccc(C=C2SC(=S)N(CC(=O)Nc3ccc4oc(=O)ccc4c3)C2=O)cc1. The number of methoxy groups -OCH3 is 1. The van der Waals surface area contributed by atoms with Crippen LogP contribution in [0.4, 0.5) is 5.69 Å². The molecular weight excluding hydrogens is 436 g/mol. The summed E-state index contributed by atoms with van der Waals surface area (Å²) < 4.78 is 10.5. The minimum atomic E-state index is -0.443. The Labute approximate surface area is 186 Å². The lowest BCUT2D eigenvalue weighted by Gasteiger charge is -2.14. The monoisotopic (exact) mass is 452 g/mol. The second-order valence-electron chi connectivity index (χ2n) is 6.60. The zero-order valence-electron chi connectivity index (χ0n) is 16.3. The number of carbonyl (C=O) groups is 2. The van der Waals surface area contributed by atoms with E-state index in [9.17, 15) is 14.4 Å². The van der Waals surface area contributed by atoms with Crippen molar-refractivity contribution >= 4 is 62.8 Å². The Hall–Kier alpha value is -3.43. The smallest absolute Gasteiger partial charge is 0.336 e. The number of hydrogen-bond acceptors (Lipinski definition) is 7. The average molecular weight is 453 g/mol. The Bertz CT molecular complexity index is 1280. The summed E-state index contributed by atoms with van der Waals surface area (Å²) in [5.74, 6) is 0.0113. The number of nitrogens with one attached hydrogen (secondary N) is 1. The number of thiocarbonyl (C=S) groups is 1. The number of ether oxygens (including phenoxy) is 1. The van der Waals surface area contributed by atoms with Crippen molar-refractivity contribution in [3.63, 3.8) is 0 Å². The Kier molecular flexibility index (Phi) is 5.88. The van der Waals surface area contributed by atoms with Gasteiger partial charge in [0.15, 0.2) is 0 Å². The number of thioether (sulfide) groups is 1. The number of carbonyl (C=O) groups excluding carboxylic acids is 2. The Morgan fingerprint density at radius 2 is 1.94 bits per heavy atom. The minimum Gasteiger partial charge on any atom is -0.497 e. The molecule has 1 aliphatic rings. The third-order valence-electron chi connectivity index (χ3n) is 4.49. The van der Waals surface area contributed by atoms with Gasteiger partial charge in [-0.25, -0.2) is 4.79 Å². The molecule has 1 N–H and O–H groups in total. The van der Waals surface area contributed by atoms with Gasteiger partial charge in [0.2, 0.25) is 5.91 Å². The topological polar surface area (TPSA) is 88.8 Å². The fourth-order valence-electron chi connectivity index (χ4n) is 2.98. The number of rotatable bonds is 5. The maximum atomic E-state index is 12.7. The van der Waals surface area contributed by atoms with E-state index in [-0.39, 0.29) is 12.5 Å². The fourth-order valence-corrected chi connectivity index (χ4v) is 4.24. The molecule has 7 nitrogen and oxygen atoms in total. The first-order valence-electron chi connectivity index (χ1n) is 9.16. The number of benzene rings is 2. The second kappa shape index (κ2) is 8.75. The van der Waals surface area contributed by atoms with E-state index in [0.717, 1.165) is 23.1 Å². The lowest BCUT2D eigenvalue weighted by Crippen LogP contribution is -2.36. The van der Waals surface area contributed by atoms with Crippen molar-refractivity contribution in [2.24, 2.45) is 0 Å². The number of hydrogen-bond donors (Lipinski definition) is 1. The standard InChI is InChI=1S/C22H16N2O5S2/c1-28-16-6-2-13(3-7-16)10-18-21(27)24(22(30)31-18)12-19(25)23-15-5-8-17-14(11-15)4-9-20(26)29-17/h2-11H,12H2,1H3,(H,23,25). The summed E-state index contributed by atoms with van der Waals surface area (Å²) >= 11 is 6.45. The lowest BCUT2D eigenvalue weighted by atomic mass is 10.2. The number of anilines is 1. The van der Waals surface area contributed by atoms with E-state index >= 15 is 0 Å². The van der Waals surface area contributed by atoms with E-state index in [4.69, 9.17) is 21.4 Å². The molecular formula is C22H16N2O5S2. The van der Waals surface area contributed by atoms with E-state index in [0.29, 0.717) is 25.9 Å². The first-order valence-corrected chi connectivity index (χ1v) is 10.4. The molecule has 1 aliphatic heterocycles. The molecule has 1 saturated heterocycles. The van der Waals surface area contributed by atoms with Gasteiger partial charge < -0.3 is 14.5 Å². The van der Waals surface area contributed by atoms with Gasteiger partial charge in [-0.3, -0.25) is 14.5 Å². The lowest BCUT2D eigenvalue weighted by molar-refractivity contribution is -0.126. The molecule has 0 radical (unpaired) electrons. The van der Waals surface area contributed by atoms with E-state index in [2.05, 4.69) is 5.32 Å². The Balaban J connectivity index is 1.44. The Morgan fingerprint density at radius 3 is 2.68 bits per heavy atom. The highest BCUT2D eigenvalue weighted by atomic mass is 32.2. The summed E-state index contributed by atoms with van der Waals surface area (Å²) in [6, 6.07) is 15.1. The van der Waals surface area contributed by atoms with Gasteiger partial charge in [-0.1, -0.05) is 36.1 Å². The van der Waals surface area contributed by atoms with Crippen LogP contribution in [-0.2, 0) is 9.59 Å². The predicted octanol–water partition coefficient (Wildman–Crippen LogP) is 3.64. The quantitative estimate of drug-likeness (QED) is 0.359. The zero-order valence-corrected chi connectivity index (χ0v) is 17.9. The summed E-state index contributed by atoms with van der Waals surface area (Å²) in [5, 5.41) is 3.41. The highest BCUT2D eigenvalue weighted by Crippen LogP contribution is 2.32. The van der Waals surface area contributed by atoms with Crippen molar-refractivity contribution < 1.29 is 18.7 Å². The van der Waals surface area contributed by atoms with Gasteiger partial charge >= 0.3 is 5.63 Å². The summed E-state index contributed by atoms with van der Waals surface area (Å²) in [6.45, 7) is -0.202. The number of fused-ring (bicyclic) bond motifs is 1. The third kappa shape index (κ3) is 4.68. The van der Waals surface area contributed by atoms with Crippen LogP contribution in [0, 0.1) is 0 Å². The molecule has 2 heterocycles. The molecule has 31 heavy (non-hydrogen) atoms. The number of amides is 2. The largest absolute Gasteiger partial charge is 0.497 e. The van der Waals surface area contributed by atoms with E-state index in [1.54, 1.807) is 49.6 Å². The van der Waals surface area contributed by atoms with Gasteiger partial charge in [0.05, 0.1) is 12.0 Å². The molecule has 0 spiro atoms. The summed E-state index contributed by atoms with van der Waals surface area (Å²) in [4.78, 5) is 38.2. The van der Waals surface area contributed by atoms with Crippen molar-refractivity contribution in [2.45, 2.75) is 0 Å². The van der Waals surface area contributed by atoms with Gasteiger partial charge in [-0.15, -0.1) is 0 Å². The number of nitrogens with zero attached hydrogens (tertiary/aromatic N) is 1. The minimum absolute atomic E-state index is 0.202. The molecule has 4 rings (SSSR count). The van der Waals surface area contributed by atoms with Gasteiger partial charge in [-0.05, 0) is 48.0 Å². The van der Waals surface area contributed by atoms with Crippen molar-refractivity contribution in [1.82, 2.24) is 4.90 Å². The van der Waals surface area contributed by atoms with Crippen LogP contribution < -0.4 is 15.7 Å². The van der Waals surface area contributed by atoms with Crippen molar-refractivity contribution in [3.8, 4) is 5.75 Å². The first kappa shape index (κ1) is 20.8. The van der Waals surface area contributed by atoms with Crippen LogP contribution in [-0.4, -0.2) is 34.7 Å². The molecule has 0 bridgehead atoms. The van der Waals surface area contributed by atoms with Crippen LogP contribution in [0.2, 0.25) is 0 Å². The molecule has 2 aromatic carbocycles. The molecule has 2 amide bonds. The first-order chi connectivity index (χ1) is 14.9. The average Bonchev–Trinajstić information content (AvgIpc) is 3.01. The van der Waals surface area contributed by atoms with Gasteiger partial charge in [0.1, 0.15) is 22.2 Å². The maximum Gasteiger partial charge on any atom is 0.336 e. The fraction of sp³-hybridized carbons (Fsp3) is 0.0909. The molecule has 0 saturated carbocycles. The van der Waals surface area contributed by atoms with Crippen LogP contribution in [0.25, 0.3) is 17.0 Å². The van der Waals surface area contributed by atoms with E-state index in [1.807, 2.05) is 12.1 Å². The normalized spacial score (nSPS) is 15.0. The molecule has 0 unspecified atom stereocenters. The molecule has 3 aromatic rings. The van der Waals surface area contributed by atoms with Crippen molar-refractivity contribution in [1.29, 1.82) is 0 Å². The van der Waals surface area contributed by atoms with Crippen LogP contribution in [0.3, 0.4) is 0 Å². The summed E-state index contributed by atoms with van der Waals surface area (Å²) in [6.07, 6.45) is 1.73. The third-order valence-corrected chi connectivity index (χ3v) is 5.87. The molecule has 1 aromatic heterocycles. The summed E-state index contributed by atoms with van der Waals surface area (Å²) in [7, 11) is 1.58. The van der Waals surface area contributed by atoms with Crippen LogP contribution in [0.5, 0.6) is 5.75 Å². The predicted molar refractivity (Wildman–Crippen MR) is 124 cm³/mol. The van der Waals surface area contributed by atoms with Crippen molar-refractivity contribution in [2.75, 3.05) is 19.0 Å². The zero-order chi connectivity index (χ0) is 22.0. The van der Waals surface area contributed by atoms with E-state index < -0.39 is 11.5 Å². The highest BCUT2D eigenvalue weighted by Gasteiger charge is 2.33. The van der Waals surface area contributed by atoms with Gasteiger partial charge in [0.25, 0.3) is 5.91 Å². The van der Waals surface area contributed by atoms with Gasteiger partial charge in [-0.2, -0.15) is 0 Å². The highest BCUT2D eigenvalue weighted by molar-refractivity contribution is 8.26.